The third-order valence-electron chi connectivity index (χ3n) is 2.65. The summed E-state index contributed by atoms with van der Waals surface area (Å²) in [7, 11) is -2.31. The molecule has 1 rings (SSSR count). The Morgan fingerprint density at radius 1 is 1.31 bits per heavy atom. The summed E-state index contributed by atoms with van der Waals surface area (Å²) < 4.78 is 19.3. The Labute approximate surface area is 86.9 Å². The van der Waals surface area contributed by atoms with E-state index >= 15 is 0 Å². The normalized spacial score (nSPS) is 24.1. The molecule has 1 aliphatic carbocycles. The topological polar surface area (TPSA) is 40.9 Å². The van der Waals surface area contributed by atoms with E-state index in [-0.39, 0.29) is 0 Å². The van der Waals surface area contributed by atoms with Crippen molar-refractivity contribution in [2.75, 3.05) is 17.3 Å². The number of hydrogen-bond donors (Lipinski definition) is 2. The van der Waals surface area contributed by atoms with Crippen LogP contribution in [0.25, 0.3) is 0 Å². The number of nitrogens with one attached hydrogen (secondary N) is 1. The van der Waals surface area contributed by atoms with Crippen molar-refractivity contribution in [3.8, 4) is 0 Å². The van der Waals surface area contributed by atoms with E-state index in [1.807, 2.05) is 0 Å². The second kappa shape index (κ2) is 5.25. The van der Waals surface area contributed by atoms with Gasteiger partial charge in [0, 0.05) is 27.0 Å². The third kappa shape index (κ3) is 4.36. The van der Waals surface area contributed by atoms with Gasteiger partial charge in [0.05, 0.1) is 0 Å². The highest BCUT2D eigenvalue weighted by atomic mass is 32.2. The van der Waals surface area contributed by atoms with Gasteiger partial charge in [-0.25, -0.2) is 4.21 Å². The van der Waals surface area contributed by atoms with E-state index in [9.17, 15) is 4.21 Å². The maximum Gasteiger partial charge on any atom is 0.0452 e. The first-order valence-electron chi connectivity index (χ1n) is 4.99. The van der Waals surface area contributed by atoms with Gasteiger partial charge in [0.2, 0.25) is 0 Å². The Kier molecular flexibility index (Phi) is 4.59. The van der Waals surface area contributed by atoms with E-state index in [4.69, 9.17) is 4.78 Å². The Balaban J connectivity index is 2.37. The minimum Gasteiger partial charge on any atom is -0.253 e. The molecule has 0 saturated heterocycles. The molecule has 1 fully saturated rings. The summed E-state index contributed by atoms with van der Waals surface area (Å²) in [6.07, 6.45) is 6.22. The van der Waals surface area contributed by atoms with Crippen molar-refractivity contribution in [1.29, 1.82) is 4.78 Å². The predicted octanol–water partition coefficient (Wildman–Crippen LogP) is 2.54. The van der Waals surface area contributed by atoms with E-state index in [2.05, 4.69) is 12.6 Å². The molecule has 0 aliphatic heterocycles. The van der Waals surface area contributed by atoms with Crippen LogP contribution in [0.1, 0.15) is 32.1 Å². The fourth-order valence-corrected chi connectivity index (χ4v) is 4.41. The van der Waals surface area contributed by atoms with Gasteiger partial charge < -0.3 is 0 Å². The van der Waals surface area contributed by atoms with Crippen molar-refractivity contribution in [2.24, 2.45) is 5.92 Å². The van der Waals surface area contributed by atoms with Gasteiger partial charge >= 0.3 is 0 Å². The smallest absolute Gasteiger partial charge is 0.0452 e. The molecule has 4 heteroatoms. The van der Waals surface area contributed by atoms with Gasteiger partial charge in [0.1, 0.15) is 0 Å². The van der Waals surface area contributed by atoms with Crippen LogP contribution in [-0.2, 0) is 9.73 Å². The van der Waals surface area contributed by atoms with Gasteiger partial charge in [-0.05, 0) is 18.8 Å². The fourth-order valence-electron chi connectivity index (χ4n) is 1.97. The summed E-state index contributed by atoms with van der Waals surface area (Å²) in [5.74, 6) is 2.22. The van der Waals surface area contributed by atoms with E-state index in [0.29, 0.717) is 23.2 Å². The molecule has 0 radical (unpaired) electrons. The molecule has 1 atom stereocenters. The number of rotatable bonds is 4. The van der Waals surface area contributed by atoms with E-state index in [0.717, 1.165) is 0 Å². The highest BCUT2D eigenvalue weighted by Gasteiger charge is 2.18. The van der Waals surface area contributed by atoms with Crippen LogP contribution in [0.3, 0.4) is 0 Å². The lowest BCUT2D eigenvalue weighted by Gasteiger charge is -2.22. The summed E-state index contributed by atoms with van der Waals surface area (Å²) in [6.45, 7) is 0. The summed E-state index contributed by atoms with van der Waals surface area (Å²) in [6, 6.07) is 0. The molecule has 0 heterocycles. The van der Waals surface area contributed by atoms with Crippen molar-refractivity contribution in [3.63, 3.8) is 0 Å². The summed E-state index contributed by atoms with van der Waals surface area (Å²) in [5, 5.41) is 0. The van der Waals surface area contributed by atoms with Crippen LogP contribution < -0.4 is 0 Å². The highest BCUT2D eigenvalue weighted by Crippen LogP contribution is 2.25. The molecular weight excluding hydrogens is 202 g/mol. The Bertz CT molecular complexity index is 230. The van der Waals surface area contributed by atoms with Crippen LogP contribution in [0.15, 0.2) is 0 Å². The zero-order valence-electron chi connectivity index (χ0n) is 8.00. The number of hydrogen-bond acceptors (Lipinski definition) is 3. The average Bonchev–Trinajstić information content (AvgIpc) is 2.04. The molecule has 0 bridgehead atoms. The largest absolute Gasteiger partial charge is 0.253 e. The summed E-state index contributed by atoms with van der Waals surface area (Å²) >= 11 is 4.03. The zero-order chi connectivity index (χ0) is 9.73. The Morgan fingerprint density at radius 3 is 2.46 bits per heavy atom. The molecule has 0 aromatic heterocycles. The molecule has 0 aromatic carbocycles. The first-order valence-corrected chi connectivity index (χ1v) is 7.52. The molecule has 1 saturated carbocycles. The van der Waals surface area contributed by atoms with Gasteiger partial charge in [0.15, 0.2) is 0 Å². The number of thiol groups is 1. The second-order valence-corrected chi connectivity index (χ2v) is 6.72. The average molecular weight is 221 g/mol. The molecule has 1 aliphatic rings. The molecule has 0 amide bonds. The zero-order valence-corrected chi connectivity index (χ0v) is 9.71. The lowest BCUT2D eigenvalue weighted by atomic mass is 9.91. The van der Waals surface area contributed by atoms with E-state index in [1.54, 1.807) is 0 Å². The summed E-state index contributed by atoms with van der Waals surface area (Å²) in [4.78, 5) is 0. The van der Waals surface area contributed by atoms with Crippen LogP contribution in [-0.4, -0.2) is 21.5 Å². The first-order chi connectivity index (χ1) is 6.14. The third-order valence-corrected chi connectivity index (χ3v) is 5.05. The van der Waals surface area contributed by atoms with Crippen molar-refractivity contribution < 1.29 is 4.21 Å². The Morgan fingerprint density at radius 2 is 1.92 bits per heavy atom. The first kappa shape index (κ1) is 11.4. The molecule has 2 nitrogen and oxygen atoms in total. The van der Waals surface area contributed by atoms with Crippen molar-refractivity contribution in [2.45, 2.75) is 32.1 Å². The van der Waals surface area contributed by atoms with Crippen molar-refractivity contribution >= 4 is 22.4 Å². The van der Waals surface area contributed by atoms with Crippen LogP contribution in [0, 0.1) is 10.7 Å². The van der Waals surface area contributed by atoms with Crippen molar-refractivity contribution in [3.05, 3.63) is 0 Å². The van der Waals surface area contributed by atoms with E-state index < -0.39 is 9.73 Å². The second-order valence-electron chi connectivity index (χ2n) is 3.91. The Hall–Kier alpha value is 0.300. The van der Waals surface area contributed by atoms with Gasteiger partial charge in [0.25, 0.3) is 0 Å². The van der Waals surface area contributed by atoms with E-state index in [1.165, 1.54) is 32.1 Å². The highest BCUT2D eigenvalue weighted by molar-refractivity contribution is 7.93. The molecule has 1 N–H and O–H groups in total. The molecule has 0 aromatic rings. The van der Waals surface area contributed by atoms with Gasteiger partial charge in [-0.1, -0.05) is 19.3 Å². The molecule has 78 valence electrons. The lowest BCUT2D eigenvalue weighted by molar-refractivity contribution is 0.388. The van der Waals surface area contributed by atoms with Gasteiger partial charge in [-0.2, -0.15) is 12.6 Å². The summed E-state index contributed by atoms with van der Waals surface area (Å²) in [5.41, 5.74) is 0. The standard InChI is InChI=1S/C9H19NOS2/c10-13(11,7-6-12)8-9-4-2-1-3-5-9/h9-10,12H,1-8H2. The molecule has 13 heavy (non-hydrogen) atoms. The van der Waals surface area contributed by atoms with Gasteiger partial charge in [-0.3, -0.25) is 4.78 Å². The van der Waals surface area contributed by atoms with Crippen LogP contribution in [0.5, 0.6) is 0 Å². The lowest BCUT2D eigenvalue weighted by Crippen LogP contribution is -2.20. The SMILES string of the molecule is N=S(=O)(CCS)CC1CCCCC1. The quantitative estimate of drug-likeness (QED) is 0.704. The minimum atomic E-state index is -2.31. The maximum absolute atomic E-state index is 11.7. The monoisotopic (exact) mass is 221 g/mol. The van der Waals surface area contributed by atoms with Gasteiger partial charge in [-0.15, -0.1) is 0 Å². The van der Waals surface area contributed by atoms with Crippen LogP contribution in [0.2, 0.25) is 0 Å². The predicted molar refractivity (Wildman–Crippen MR) is 61.0 cm³/mol. The molecule has 1 unspecified atom stereocenters. The van der Waals surface area contributed by atoms with Crippen molar-refractivity contribution in [1.82, 2.24) is 0 Å². The molecular formula is C9H19NOS2. The molecule has 0 spiro atoms. The maximum atomic E-state index is 11.7. The van der Waals surface area contributed by atoms with Crippen LogP contribution in [0.4, 0.5) is 0 Å². The fraction of sp³-hybridized carbons (Fsp3) is 1.00. The van der Waals surface area contributed by atoms with Crippen LogP contribution >= 0.6 is 12.6 Å². The minimum absolute atomic E-state index is 0.465.